The van der Waals surface area contributed by atoms with Gasteiger partial charge in [0, 0.05) is 6.04 Å². The first-order chi connectivity index (χ1) is 9.74. The van der Waals surface area contributed by atoms with Gasteiger partial charge in [-0.3, -0.25) is 4.79 Å². The Hall–Kier alpha value is -2.05. The van der Waals surface area contributed by atoms with E-state index in [4.69, 9.17) is 10.5 Å². The highest BCUT2D eigenvalue weighted by molar-refractivity contribution is 5.85. The lowest BCUT2D eigenvalue weighted by molar-refractivity contribution is 0.463. The molecule has 112 valence electrons. The highest BCUT2D eigenvalue weighted by Crippen LogP contribution is 2.27. The zero-order valence-electron chi connectivity index (χ0n) is 11.3. The van der Waals surface area contributed by atoms with E-state index in [1.165, 1.54) is 18.3 Å². The number of aromatic amines is 1. The van der Waals surface area contributed by atoms with Crippen molar-refractivity contribution in [3.63, 3.8) is 0 Å². The van der Waals surface area contributed by atoms with Gasteiger partial charge in [0.25, 0.3) is 5.56 Å². The van der Waals surface area contributed by atoms with Crippen molar-refractivity contribution in [1.82, 2.24) is 15.3 Å². The molecule has 0 amide bonds. The molecule has 6 nitrogen and oxygen atoms in total. The Morgan fingerprint density at radius 2 is 2.05 bits per heavy atom. The predicted octanol–water partition coefficient (Wildman–Crippen LogP) is 1.99. The number of hydrogen-bond donors (Lipinski definition) is 3. The summed E-state index contributed by atoms with van der Waals surface area (Å²) in [4.78, 5) is 17.7. The predicted molar refractivity (Wildman–Crippen MR) is 83.0 cm³/mol. The van der Waals surface area contributed by atoms with E-state index in [1.807, 2.05) is 24.3 Å². The van der Waals surface area contributed by atoms with Gasteiger partial charge >= 0.3 is 0 Å². The van der Waals surface area contributed by atoms with E-state index in [-0.39, 0.29) is 24.0 Å². The summed E-state index contributed by atoms with van der Waals surface area (Å²) < 4.78 is 5.53. The Morgan fingerprint density at radius 1 is 1.29 bits per heavy atom. The Labute approximate surface area is 128 Å². The van der Waals surface area contributed by atoms with Crippen molar-refractivity contribution in [2.45, 2.75) is 18.9 Å². The minimum atomic E-state index is -0.401. The lowest BCUT2D eigenvalue weighted by Crippen LogP contribution is -2.13. The number of H-pyrrole nitrogens is 1. The van der Waals surface area contributed by atoms with Gasteiger partial charge in [-0.2, -0.15) is 0 Å². The van der Waals surface area contributed by atoms with Gasteiger partial charge < -0.3 is 20.8 Å². The number of nitrogen functional groups attached to an aromatic ring is 1. The fraction of sp³-hybridized carbons (Fsp3) is 0.286. The molecule has 1 aliphatic heterocycles. The maximum absolute atomic E-state index is 11.3. The van der Waals surface area contributed by atoms with Gasteiger partial charge in [0.1, 0.15) is 5.75 Å². The molecule has 2 heterocycles. The second-order valence-electron chi connectivity index (χ2n) is 4.77. The van der Waals surface area contributed by atoms with Crippen molar-refractivity contribution in [1.29, 1.82) is 0 Å². The standard InChI is InChI=1S/C14H16N4O2.ClH/c15-12-13(19)17-8-18-14(12)20-10-5-3-9(4-6-10)11-2-1-7-16-11;/h3-6,8,11,16H,1-2,7,15H2,(H,17,18,19);1H. The van der Waals surface area contributed by atoms with Gasteiger partial charge in [-0.15, -0.1) is 12.4 Å². The number of nitrogens with one attached hydrogen (secondary N) is 2. The van der Waals surface area contributed by atoms with E-state index in [1.54, 1.807) is 0 Å². The fourth-order valence-electron chi connectivity index (χ4n) is 2.32. The van der Waals surface area contributed by atoms with Crippen LogP contribution in [0.4, 0.5) is 5.69 Å². The Kier molecular flexibility index (Phi) is 4.82. The monoisotopic (exact) mass is 308 g/mol. The van der Waals surface area contributed by atoms with Crippen LogP contribution in [0.2, 0.25) is 0 Å². The van der Waals surface area contributed by atoms with Gasteiger partial charge in [-0.25, -0.2) is 4.98 Å². The molecule has 1 atom stereocenters. The summed E-state index contributed by atoms with van der Waals surface area (Å²) in [6, 6.07) is 8.17. The van der Waals surface area contributed by atoms with E-state index < -0.39 is 5.56 Å². The quantitative estimate of drug-likeness (QED) is 0.806. The van der Waals surface area contributed by atoms with Crippen molar-refractivity contribution in [2.75, 3.05) is 12.3 Å². The normalized spacial score (nSPS) is 17.2. The summed E-state index contributed by atoms with van der Waals surface area (Å²) in [6.45, 7) is 1.07. The maximum atomic E-state index is 11.3. The van der Waals surface area contributed by atoms with Crippen molar-refractivity contribution in [2.24, 2.45) is 0 Å². The number of nitrogens with zero attached hydrogens (tertiary/aromatic N) is 1. The largest absolute Gasteiger partial charge is 0.437 e. The van der Waals surface area contributed by atoms with E-state index in [9.17, 15) is 4.79 Å². The first kappa shape index (κ1) is 15.3. The molecule has 1 aromatic heterocycles. The van der Waals surface area contributed by atoms with E-state index in [0.717, 1.165) is 13.0 Å². The first-order valence-electron chi connectivity index (χ1n) is 6.58. The number of aromatic nitrogens is 2. The van der Waals surface area contributed by atoms with Crippen LogP contribution < -0.4 is 21.3 Å². The molecule has 0 radical (unpaired) electrons. The van der Waals surface area contributed by atoms with E-state index >= 15 is 0 Å². The van der Waals surface area contributed by atoms with Crippen LogP contribution in [-0.2, 0) is 0 Å². The number of benzene rings is 1. The summed E-state index contributed by atoms with van der Waals surface area (Å²) in [6.07, 6.45) is 3.63. The highest BCUT2D eigenvalue weighted by Gasteiger charge is 2.16. The summed E-state index contributed by atoms with van der Waals surface area (Å²) in [7, 11) is 0. The highest BCUT2D eigenvalue weighted by atomic mass is 35.5. The molecule has 1 fully saturated rings. The molecule has 21 heavy (non-hydrogen) atoms. The molecule has 0 aliphatic carbocycles. The van der Waals surface area contributed by atoms with Gasteiger partial charge in [0.15, 0.2) is 5.69 Å². The van der Waals surface area contributed by atoms with Gasteiger partial charge in [0.2, 0.25) is 5.88 Å². The molecule has 1 unspecified atom stereocenters. The van der Waals surface area contributed by atoms with Gasteiger partial charge in [-0.1, -0.05) is 12.1 Å². The fourth-order valence-corrected chi connectivity index (χ4v) is 2.32. The van der Waals surface area contributed by atoms with Crippen LogP contribution in [0.5, 0.6) is 11.6 Å². The first-order valence-corrected chi connectivity index (χ1v) is 6.58. The Morgan fingerprint density at radius 3 is 2.71 bits per heavy atom. The zero-order chi connectivity index (χ0) is 13.9. The van der Waals surface area contributed by atoms with Crippen LogP contribution >= 0.6 is 12.4 Å². The molecule has 1 aliphatic rings. The molecule has 3 rings (SSSR count). The molecule has 1 aromatic carbocycles. The lowest BCUT2D eigenvalue weighted by atomic mass is 10.1. The molecule has 4 N–H and O–H groups in total. The van der Waals surface area contributed by atoms with Crippen molar-refractivity contribution in [3.8, 4) is 11.6 Å². The number of hydrogen-bond acceptors (Lipinski definition) is 5. The number of rotatable bonds is 3. The van der Waals surface area contributed by atoms with Crippen LogP contribution in [-0.4, -0.2) is 16.5 Å². The molecular weight excluding hydrogens is 292 g/mol. The molecule has 1 saturated heterocycles. The van der Waals surface area contributed by atoms with Crippen LogP contribution in [0, 0.1) is 0 Å². The number of ether oxygens (including phenoxy) is 1. The van der Waals surface area contributed by atoms with E-state index in [0.29, 0.717) is 11.8 Å². The molecule has 0 saturated carbocycles. The lowest BCUT2D eigenvalue weighted by Gasteiger charge is -2.11. The van der Waals surface area contributed by atoms with Gasteiger partial charge in [0.05, 0.1) is 6.33 Å². The molecular formula is C14H17ClN4O2. The van der Waals surface area contributed by atoms with Crippen LogP contribution in [0.1, 0.15) is 24.4 Å². The summed E-state index contributed by atoms with van der Waals surface area (Å²) in [5.74, 6) is 0.733. The third kappa shape index (κ3) is 3.34. The second-order valence-corrected chi connectivity index (χ2v) is 4.77. The van der Waals surface area contributed by atoms with Crippen LogP contribution in [0.15, 0.2) is 35.4 Å². The maximum Gasteiger partial charge on any atom is 0.277 e. The van der Waals surface area contributed by atoms with Crippen molar-refractivity contribution in [3.05, 3.63) is 46.5 Å². The average molecular weight is 309 g/mol. The van der Waals surface area contributed by atoms with E-state index in [2.05, 4.69) is 15.3 Å². The third-order valence-corrected chi connectivity index (χ3v) is 3.41. The minimum absolute atomic E-state index is 0. The topological polar surface area (TPSA) is 93.0 Å². The summed E-state index contributed by atoms with van der Waals surface area (Å²) in [5.41, 5.74) is 6.44. The summed E-state index contributed by atoms with van der Waals surface area (Å²) in [5, 5.41) is 3.44. The minimum Gasteiger partial charge on any atom is -0.437 e. The Bertz CT molecular complexity index is 651. The number of halogens is 1. The molecule has 2 aromatic rings. The smallest absolute Gasteiger partial charge is 0.277 e. The van der Waals surface area contributed by atoms with Crippen LogP contribution in [0.3, 0.4) is 0 Å². The molecule has 0 spiro atoms. The summed E-state index contributed by atoms with van der Waals surface area (Å²) >= 11 is 0. The van der Waals surface area contributed by atoms with Gasteiger partial charge in [-0.05, 0) is 37.1 Å². The molecule has 7 heteroatoms. The number of anilines is 1. The van der Waals surface area contributed by atoms with Crippen LogP contribution in [0.25, 0.3) is 0 Å². The third-order valence-electron chi connectivity index (χ3n) is 3.41. The Balaban J connectivity index is 0.00000161. The zero-order valence-corrected chi connectivity index (χ0v) is 12.2. The van der Waals surface area contributed by atoms with Crippen molar-refractivity contribution < 1.29 is 4.74 Å². The number of nitrogens with two attached hydrogens (primary N) is 1. The molecule has 0 bridgehead atoms. The second kappa shape index (κ2) is 6.60. The average Bonchev–Trinajstić information content (AvgIpc) is 2.99. The van der Waals surface area contributed by atoms with Crippen molar-refractivity contribution >= 4 is 18.1 Å². The SMILES string of the molecule is Cl.Nc1c(Oc2ccc(C3CCCN3)cc2)nc[nH]c1=O.